The van der Waals surface area contributed by atoms with Gasteiger partial charge >= 0.3 is 5.97 Å². The van der Waals surface area contributed by atoms with Gasteiger partial charge in [-0.3, -0.25) is 10.1 Å². The molecule has 0 unspecified atom stereocenters. The predicted molar refractivity (Wildman–Crippen MR) is 77.2 cm³/mol. The molecule has 0 fully saturated rings. The van der Waals surface area contributed by atoms with Gasteiger partial charge in [0.05, 0.1) is 10.5 Å². The number of hydrogen-bond donors (Lipinski definition) is 0. The van der Waals surface area contributed by atoms with Gasteiger partial charge in [0.25, 0.3) is 5.69 Å². The second-order valence-electron chi connectivity index (χ2n) is 3.60. The van der Waals surface area contributed by atoms with Crippen molar-refractivity contribution in [1.82, 2.24) is 0 Å². The summed E-state index contributed by atoms with van der Waals surface area (Å²) in [4.78, 5) is 22.2. The number of benzene rings is 2. The highest BCUT2D eigenvalue weighted by Crippen LogP contribution is 2.25. The normalized spacial score (nSPS) is 9.95. The number of nitro benzene ring substituents is 1. The van der Waals surface area contributed by atoms with Gasteiger partial charge in [0, 0.05) is 6.07 Å². The molecule has 0 bridgehead atoms. The van der Waals surface area contributed by atoms with Gasteiger partial charge < -0.3 is 4.74 Å². The maximum Gasteiger partial charge on any atom is 0.344 e. The van der Waals surface area contributed by atoms with Crippen LogP contribution >= 0.6 is 22.6 Å². The lowest BCUT2D eigenvalue weighted by Crippen LogP contribution is -2.11. The fraction of sp³-hybridized carbons (Fsp3) is 0. The lowest BCUT2D eigenvalue weighted by Gasteiger charge is -2.05. The number of ether oxygens (including phenoxy) is 1. The van der Waals surface area contributed by atoms with E-state index in [1.807, 2.05) is 0 Å². The first-order chi connectivity index (χ1) is 9.09. The number of halogens is 1. The van der Waals surface area contributed by atoms with Crippen LogP contribution in [0.5, 0.6) is 5.75 Å². The lowest BCUT2D eigenvalue weighted by atomic mass is 10.2. The van der Waals surface area contributed by atoms with Gasteiger partial charge in [-0.05, 0) is 40.8 Å². The third kappa shape index (κ3) is 3.08. The average molecular weight is 369 g/mol. The van der Waals surface area contributed by atoms with Crippen molar-refractivity contribution >= 4 is 34.2 Å². The van der Waals surface area contributed by atoms with Crippen LogP contribution in [0.15, 0.2) is 48.5 Å². The number of carbonyl (C=O) groups is 1. The molecule has 0 saturated carbocycles. The smallest absolute Gasteiger partial charge is 0.344 e. The van der Waals surface area contributed by atoms with Crippen molar-refractivity contribution in [3.05, 3.63) is 67.8 Å². The summed E-state index contributed by atoms with van der Waals surface area (Å²) in [7, 11) is 0. The Morgan fingerprint density at radius 1 is 1.11 bits per heavy atom. The summed E-state index contributed by atoms with van der Waals surface area (Å²) >= 11 is 1.77. The lowest BCUT2D eigenvalue weighted by molar-refractivity contribution is -0.385. The summed E-state index contributed by atoms with van der Waals surface area (Å²) in [5, 5.41) is 10.8. The largest absolute Gasteiger partial charge is 0.423 e. The van der Waals surface area contributed by atoms with Crippen molar-refractivity contribution < 1.29 is 14.5 Å². The summed E-state index contributed by atoms with van der Waals surface area (Å²) in [6.07, 6.45) is 0. The minimum Gasteiger partial charge on any atom is -0.423 e. The van der Waals surface area contributed by atoms with Crippen molar-refractivity contribution in [3.8, 4) is 5.75 Å². The zero-order valence-electron chi connectivity index (χ0n) is 9.58. The minimum absolute atomic E-state index is 0.108. The highest BCUT2D eigenvalue weighted by Gasteiger charge is 2.20. The second-order valence-corrected chi connectivity index (χ2v) is 4.68. The van der Waals surface area contributed by atoms with E-state index in [0.717, 1.165) is 0 Å². The van der Waals surface area contributed by atoms with Gasteiger partial charge in [-0.1, -0.05) is 24.3 Å². The third-order valence-corrected chi connectivity index (χ3v) is 3.48. The number of esters is 1. The molecule has 0 aliphatic rings. The summed E-state index contributed by atoms with van der Waals surface area (Å²) in [5.41, 5.74) is 0.0711. The molecule has 0 N–H and O–H groups in total. The fourth-order valence-corrected chi connectivity index (χ4v) is 2.25. The van der Waals surface area contributed by atoms with E-state index in [9.17, 15) is 14.9 Å². The Kier molecular flexibility index (Phi) is 4.10. The monoisotopic (exact) mass is 369 g/mol. The zero-order valence-corrected chi connectivity index (χ0v) is 11.7. The van der Waals surface area contributed by atoms with Crippen molar-refractivity contribution in [3.63, 3.8) is 0 Å². The SMILES string of the molecule is O=C(Oc1ccccc1)c1cccc([N+](=O)[O-])c1I. The van der Waals surface area contributed by atoms with E-state index in [-0.39, 0.29) is 14.8 Å². The van der Waals surface area contributed by atoms with Gasteiger partial charge in [-0.15, -0.1) is 0 Å². The fourth-order valence-electron chi connectivity index (χ4n) is 1.47. The Hall–Kier alpha value is -1.96. The molecule has 0 aliphatic heterocycles. The molecule has 0 aliphatic carbocycles. The Balaban J connectivity index is 2.30. The van der Waals surface area contributed by atoms with Gasteiger partial charge in [0.2, 0.25) is 0 Å². The van der Waals surface area contributed by atoms with E-state index >= 15 is 0 Å². The van der Waals surface area contributed by atoms with Gasteiger partial charge in [0.15, 0.2) is 0 Å². The highest BCUT2D eigenvalue weighted by atomic mass is 127. The van der Waals surface area contributed by atoms with Crippen molar-refractivity contribution in [2.45, 2.75) is 0 Å². The minimum atomic E-state index is -0.612. The van der Waals surface area contributed by atoms with Crippen LogP contribution in [0.3, 0.4) is 0 Å². The van der Waals surface area contributed by atoms with E-state index < -0.39 is 10.9 Å². The van der Waals surface area contributed by atoms with Crippen LogP contribution in [0, 0.1) is 13.7 Å². The zero-order chi connectivity index (χ0) is 13.8. The van der Waals surface area contributed by atoms with E-state index in [1.165, 1.54) is 18.2 Å². The molecular formula is C13H8INO4. The molecule has 0 atom stereocenters. The van der Waals surface area contributed by atoms with Crippen LogP contribution in [-0.2, 0) is 0 Å². The Morgan fingerprint density at radius 2 is 1.79 bits per heavy atom. The molecule has 0 aromatic heterocycles. The quantitative estimate of drug-likeness (QED) is 0.273. The van der Waals surface area contributed by atoms with Gasteiger partial charge in [-0.25, -0.2) is 4.79 Å². The third-order valence-electron chi connectivity index (χ3n) is 2.35. The number of hydrogen-bond acceptors (Lipinski definition) is 4. The van der Waals surface area contributed by atoms with Crippen molar-refractivity contribution in [2.75, 3.05) is 0 Å². The molecule has 0 saturated heterocycles. The van der Waals surface area contributed by atoms with E-state index in [4.69, 9.17) is 4.74 Å². The van der Waals surface area contributed by atoms with Crippen LogP contribution in [-0.4, -0.2) is 10.9 Å². The molecule has 0 spiro atoms. The Morgan fingerprint density at radius 3 is 2.42 bits per heavy atom. The maximum absolute atomic E-state index is 12.0. The first-order valence-corrected chi connectivity index (χ1v) is 6.37. The summed E-state index contributed by atoms with van der Waals surface area (Å²) in [6.45, 7) is 0. The first-order valence-electron chi connectivity index (χ1n) is 5.29. The van der Waals surface area contributed by atoms with Crippen molar-refractivity contribution in [1.29, 1.82) is 0 Å². The summed E-state index contributed by atoms with van der Waals surface area (Å²) < 4.78 is 5.42. The van der Waals surface area contributed by atoms with Gasteiger partial charge in [0.1, 0.15) is 9.32 Å². The van der Waals surface area contributed by atoms with Crippen LogP contribution < -0.4 is 4.74 Å². The van der Waals surface area contributed by atoms with E-state index in [1.54, 1.807) is 52.9 Å². The Bertz CT molecular complexity index is 628. The van der Waals surface area contributed by atoms with E-state index in [0.29, 0.717) is 5.75 Å². The summed E-state index contributed by atoms with van der Waals surface area (Å²) in [5.74, 6) is -0.214. The molecular weight excluding hydrogens is 361 g/mol. The first kappa shape index (κ1) is 13.5. The standard InChI is InChI=1S/C13H8INO4/c14-12-10(7-4-8-11(12)15(17)18)13(16)19-9-5-2-1-3-6-9/h1-8H. The van der Waals surface area contributed by atoms with Crippen LogP contribution in [0.25, 0.3) is 0 Å². The predicted octanol–water partition coefficient (Wildman–Crippen LogP) is 3.42. The van der Waals surface area contributed by atoms with Crippen molar-refractivity contribution in [2.24, 2.45) is 0 Å². The molecule has 96 valence electrons. The number of nitrogens with zero attached hydrogens (tertiary/aromatic N) is 1. The highest BCUT2D eigenvalue weighted by molar-refractivity contribution is 14.1. The Labute approximate surface area is 122 Å². The molecule has 6 heteroatoms. The molecule has 0 amide bonds. The summed E-state index contributed by atoms with van der Waals surface area (Å²) in [6, 6.07) is 12.9. The topological polar surface area (TPSA) is 69.4 Å². The van der Waals surface area contributed by atoms with Gasteiger partial charge in [-0.2, -0.15) is 0 Å². The molecule has 0 radical (unpaired) electrons. The molecule has 2 rings (SSSR count). The number of nitro groups is 1. The number of para-hydroxylation sites is 1. The maximum atomic E-state index is 12.0. The second kappa shape index (κ2) is 5.79. The molecule has 2 aromatic carbocycles. The molecule has 5 nitrogen and oxygen atoms in total. The number of carbonyl (C=O) groups excluding carboxylic acids is 1. The molecule has 0 heterocycles. The molecule has 2 aromatic rings. The van der Waals surface area contributed by atoms with Crippen LogP contribution in [0.4, 0.5) is 5.69 Å². The van der Waals surface area contributed by atoms with Crippen LogP contribution in [0.2, 0.25) is 0 Å². The molecule has 19 heavy (non-hydrogen) atoms. The van der Waals surface area contributed by atoms with Crippen LogP contribution in [0.1, 0.15) is 10.4 Å². The number of rotatable bonds is 3. The average Bonchev–Trinajstić information content (AvgIpc) is 2.39. The van der Waals surface area contributed by atoms with E-state index in [2.05, 4.69) is 0 Å².